The molecule has 0 bridgehead atoms. The Bertz CT molecular complexity index is 1710. The number of hydrogen-bond acceptors (Lipinski definition) is 6. The number of rotatable bonds is 15. The van der Waals surface area contributed by atoms with Crippen molar-refractivity contribution in [2.75, 3.05) is 31.6 Å². The van der Waals surface area contributed by atoms with Crippen LogP contribution in [0.4, 0.5) is 5.69 Å². The van der Waals surface area contributed by atoms with Crippen LogP contribution < -0.4 is 19.1 Å². The van der Waals surface area contributed by atoms with Crippen molar-refractivity contribution < 1.29 is 27.5 Å². The summed E-state index contributed by atoms with van der Waals surface area (Å²) in [6, 6.07) is 28.8. The molecule has 1 atom stereocenters. The van der Waals surface area contributed by atoms with Gasteiger partial charge in [0, 0.05) is 19.5 Å². The van der Waals surface area contributed by atoms with Crippen LogP contribution >= 0.6 is 0 Å². The Kier molecular flexibility index (Phi) is 11.8. The molecule has 4 aromatic carbocycles. The molecule has 9 nitrogen and oxygen atoms in total. The number of anilines is 1. The Morgan fingerprint density at radius 2 is 1.48 bits per heavy atom. The number of sulfonamides is 1. The first-order valence-corrected chi connectivity index (χ1v) is 16.6. The van der Waals surface area contributed by atoms with E-state index in [1.165, 1.54) is 31.3 Å². The van der Waals surface area contributed by atoms with E-state index in [0.717, 1.165) is 27.4 Å². The summed E-state index contributed by atoms with van der Waals surface area (Å²) < 4.78 is 40.4. The minimum absolute atomic E-state index is 0.0287. The van der Waals surface area contributed by atoms with E-state index in [9.17, 15) is 18.0 Å². The number of ether oxygens (including phenoxy) is 2. The maximum atomic E-state index is 14.6. The summed E-state index contributed by atoms with van der Waals surface area (Å²) in [5.41, 5.74) is 2.86. The van der Waals surface area contributed by atoms with Crippen molar-refractivity contribution in [3.63, 3.8) is 0 Å². The number of methoxy groups -OCH3 is 2. The van der Waals surface area contributed by atoms with Crippen molar-refractivity contribution in [3.05, 3.63) is 120 Å². The molecule has 0 aliphatic rings. The largest absolute Gasteiger partial charge is 0.497 e. The molecule has 4 aromatic rings. The zero-order valence-electron chi connectivity index (χ0n) is 26.7. The predicted molar refractivity (Wildman–Crippen MR) is 179 cm³/mol. The lowest BCUT2D eigenvalue weighted by molar-refractivity contribution is -0.140. The number of nitrogens with one attached hydrogen (secondary N) is 1. The third kappa shape index (κ3) is 8.25. The Morgan fingerprint density at radius 1 is 0.826 bits per heavy atom. The van der Waals surface area contributed by atoms with Crippen LogP contribution in [0.15, 0.2) is 108 Å². The van der Waals surface area contributed by atoms with Crippen LogP contribution in [-0.4, -0.2) is 58.5 Å². The van der Waals surface area contributed by atoms with Crippen molar-refractivity contribution >= 4 is 27.5 Å². The van der Waals surface area contributed by atoms with Gasteiger partial charge in [-0.1, -0.05) is 73.7 Å². The highest BCUT2D eigenvalue weighted by Crippen LogP contribution is 2.33. The smallest absolute Gasteiger partial charge is 0.264 e. The van der Waals surface area contributed by atoms with Gasteiger partial charge >= 0.3 is 0 Å². The van der Waals surface area contributed by atoms with Crippen molar-refractivity contribution in [1.82, 2.24) is 10.2 Å². The first kappa shape index (κ1) is 34.1. The quantitative estimate of drug-likeness (QED) is 0.187. The molecule has 242 valence electrons. The fourth-order valence-electron chi connectivity index (χ4n) is 5.12. The number of carbonyl (C=O) groups is 2. The minimum Gasteiger partial charge on any atom is -0.497 e. The van der Waals surface area contributed by atoms with Crippen molar-refractivity contribution in [2.45, 2.75) is 44.2 Å². The number of aryl methyl sites for hydroxylation is 1. The summed E-state index contributed by atoms with van der Waals surface area (Å²) in [6.45, 7) is 3.86. The second kappa shape index (κ2) is 15.9. The average molecular weight is 644 g/mol. The van der Waals surface area contributed by atoms with Crippen LogP contribution in [0.3, 0.4) is 0 Å². The molecule has 0 spiro atoms. The monoisotopic (exact) mass is 643 g/mol. The third-order valence-electron chi connectivity index (χ3n) is 7.70. The van der Waals surface area contributed by atoms with Crippen LogP contribution in [0.5, 0.6) is 11.5 Å². The maximum Gasteiger partial charge on any atom is 0.264 e. The number of benzene rings is 4. The zero-order chi connectivity index (χ0) is 33.1. The number of nitrogens with zero attached hydrogens (tertiary/aromatic N) is 2. The summed E-state index contributed by atoms with van der Waals surface area (Å²) in [6.07, 6.45) is 0.963. The molecular weight excluding hydrogens is 602 g/mol. The van der Waals surface area contributed by atoms with Crippen molar-refractivity contribution in [2.24, 2.45) is 0 Å². The van der Waals surface area contributed by atoms with Gasteiger partial charge < -0.3 is 19.7 Å². The van der Waals surface area contributed by atoms with E-state index < -0.39 is 28.5 Å². The second-order valence-electron chi connectivity index (χ2n) is 10.8. The Labute approximate surface area is 271 Å². The van der Waals surface area contributed by atoms with E-state index in [2.05, 4.69) is 5.32 Å². The molecule has 0 heterocycles. The van der Waals surface area contributed by atoms with Gasteiger partial charge in [-0.25, -0.2) is 8.42 Å². The molecule has 1 N–H and O–H groups in total. The van der Waals surface area contributed by atoms with E-state index in [1.807, 2.05) is 68.4 Å². The highest BCUT2D eigenvalue weighted by Gasteiger charge is 2.35. The Hall–Kier alpha value is -4.83. The van der Waals surface area contributed by atoms with Gasteiger partial charge in [0.15, 0.2) is 0 Å². The van der Waals surface area contributed by atoms with Crippen molar-refractivity contribution in [3.8, 4) is 11.5 Å². The Morgan fingerprint density at radius 3 is 2.13 bits per heavy atom. The second-order valence-corrected chi connectivity index (χ2v) is 12.7. The van der Waals surface area contributed by atoms with Gasteiger partial charge in [0.05, 0.1) is 24.8 Å². The molecule has 0 radical (unpaired) electrons. The third-order valence-corrected chi connectivity index (χ3v) is 9.48. The van der Waals surface area contributed by atoms with E-state index >= 15 is 0 Å². The molecule has 0 aliphatic heterocycles. The topological polar surface area (TPSA) is 105 Å². The molecule has 0 saturated carbocycles. The number of amides is 2. The molecule has 10 heteroatoms. The van der Waals surface area contributed by atoms with Crippen LogP contribution in [0, 0.1) is 6.92 Å². The molecule has 0 aliphatic carbocycles. The van der Waals surface area contributed by atoms with Gasteiger partial charge in [-0.2, -0.15) is 0 Å². The first-order chi connectivity index (χ1) is 22.2. The predicted octanol–water partition coefficient (Wildman–Crippen LogP) is 5.37. The van der Waals surface area contributed by atoms with Gasteiger partial charge in [0.1, 0.15) is 24.1 Å². The standard InChI is InChI=1S/C36H41N3O6S/c1-5-23-37-36(41)33(24-28-14-7-6-8-15-28)38(25-29-16-10-9-13-27(29)2)35(40)26-39(32-17-11-12-18-34(32)45-4)46(42,43)31-21-19-30(44-3)20-22-31/h6-22,33H,5,23-26H2,1-4H3,(H,37,41)/t33-/m0/s1. The van der Waals surface area contributed by atoms with E-state index in [1.54, 1.807) is 36.4 Å². The SMILES string of the molecule is CCCNC(=O)[C@H](Cc1ccccc1)N(Cc1ccccc1C)C(=O)CN(c1ccccc1OC)S(=O)(=O)c1ccc(OC)cc1. The lowest BCUT2D eigenvalue weighted by Crippen LogP contribution is -2.53. The zero-order valence-corrected chi connectivity index (χ0v) is 27.5. The maximum absolute atomic E-state index is 14.6. The minimum atomic E-state index is -4.29. The summed E-state index contributed by atoms with van der Waals surface area (Å²) in [5, 5.41) is 2.96. The molecule has 4 rings (SSSR count). The number of carbonyl (C=O) groups excluding carboxylic acids is 2. The van der Waals surface area contributed by atoms with Crippen molar-refractivity contribution in [1.29, 1.82) is 0 Å². The van der Waals surface area contributed by atoms with E-state index in [4.69, 9.17) is 9.47 Å². The van der Waals surface area contributed by atoms with Gasteiger partial charge in [-0.05, 0) is 66.4 Å². The van der Waals surface area contributed by atoms with Crippen LogP contribution in [-0.2, 0) is 32.6 Å². The average Bonchev–Trinajstić information content (AvgIpc) is 3.08. The fraction of sp³-hybridized carbons (Fsp3) is 0.278. The fourth-order valence-corrected chi connectivity index (χ4v) is 6.54. The van der Waals surface area contributed by atoms with Gasteiger partial charge in [0.25, 0.3) is 10.0 Å². The Balaban J connectivity index is 1.83. The highest BCUT2D eigenvalue weighted by atomic mass is 32.2. The van der Waals surface area contributed by atoms with Crippen LogP contribution in [0.2, 0.25) is 0 Å². The summed E-state index contributed by atoms with van der Waals surface area (Å²) in [7, 11) is -1.35. The normalized spacial score (nSPS) is 11.7. The molecule has 0 aromatic heterocycles. The molecule has 0 saturated heterocycles. The first-order valence-electron chi connectivity index (χ1n) is 15.1. The van der Waals surface area contributed by atoms with E-state index in [0.29, 0.717) is 12.3 Å². The lowest BCUT2D eigenvalue weighted by Gasteiger charge is -2.34. The summed E-state index contributed by atoms with van der Waals surface area (Å²) >= 11 is 0. The van der Waals surface area contributed by atoms with Crippen LogP contribution in [0.25, 0.3) is 0 Å². The van der Waals surface area contributed by atoms with Gasteiger partial charge in [0.2, 0.25) is 11.8 Å². The van der Waals surface area contributed by atoms with E-state index in [-0.39, 0.29) is 35.2 Å². The number of para-hydroxylation sites is 2. The summed E-state index contributed by atoms with van der Waals surface area (Å²) in [4.78, 5) is 29.9. The lowest BCUT2D eigenvalue weighted by atomic mass is 10.0. The van der Waals surface area contributed by atoms with Crippen LogP contribution in [0.1, 0.15) is 30.0 Å². The van der Waals surface area contributed by atoms with Gasteiger partial charge in [-0.15, -0.1) is 0 Å². The molecule has 0 unspecified atom stereocenters. The molecular formula is C36H41N3O6S. The van der Waals surface area contributed by atoms with Gasteiger partial charge in [-0.3, -0.25) is 13.9 Å². The molecule has 46 heavy (non-hydrogen) atoms. The number of hydrogen-bond donors (Lipinski definition) is 1. The highest BCUT2D eigenvalue weighted by molar-refractivity contribution is 7.92. The molecule has 2 amide bonds. The molecule has 0 fully saturated rings. The summed E-state index contributed by atoms with van der Waals surface area (Å²) in [5.74, 6) is -0.0854.